The van der Waals surface area contributed by atoms with Crippen LogP contribution >= 0.6 is 0 Å². The first-order chi connectivity index (χ1) is 7.92. The third-order valence-corrected chi connectivity index (χ3v) is 2.59. The summed E-state index contributed by atoms with van der Waals surface area (Å²) < 4.78 is 13.2. The maximum atomic E-state index is 13.2. The van der Waals surface area contributed by atoms with Crippen LogP contribution in [0.5, 0.6) is 0 Å². The minimum absolute atomic E-state index is 0.179. The van der Waals surface area contributed by atoms with E-state index in [0.29, 0.717) is 0 Å². The summed E-state index contributed by atoms with van der Waals surface area (Å²) in [5.41, 5.74) is 1.14. The van der Waals surface area contributed by atoms with Gasteiger partial charge in [0.1, 0.15) is 5.82 Å². The highest BCUT2D eigenvalue weighted by atomic mass is 19.1. The lowest BCUT2D eigenvalue weighted by Crippen LogP contribution is -2.26. The van der Waals surface area contributed by atoms with Crippen LogP contribution in [0.1, 0.15) is 52.1 Å². The molecule has 1 unspecified atom stereocenters. The van der Waals surface area contributed by atoms with Crippen LogP contribution < -0.4 is 5.32 Å². The van der Waals surface area contributed by atoms with E-state index < -0.39 is 0 Å². The van der Waals surface area contributed by atoms with E-state index in [2.05, 4.69) is 38.0 Å². The summed E-state index contributed by atoms with van der Waals surface area (Å²) in [7, 11) is 0. The second kappa shape index (κ2) is 6.10. The van der Waals surface area contributed by atoms with Crippen LogP contribution in [0.25, 0.3) is 0 Å². The molecule has 0 amide bonds. The largest absolute Gasteiger partial charge is 0.310 e. The number of nitrogens with one attached hydrogen (secondary N) is 1. The molecule has 17 heavy (non-hydrogen) atoms. The third kappa shape index (κ3) is 5.26. The zero-order valence-electron chi connectivity index (χ0n) is 11.3. The van der Waals surface area contributed by atoms with Gasteiger partial charge < -0.3 is 5.32 Å². The van der Waals surface area contributed by atoms with Crippen molar-refractivity contribution < 1.29 is 4.39 Å². The van der Waals surface area contributed by atoms with E-state index in [-0.39, 0.29) is 17.3 Å². The van der Waals surface area contributed by atoms with Gasteiger partial charge in [0, 0.05) is 12.2 Å². The molecule has 0 aromatic carbocycles. The Kier molecular flexibility index (Phi) is 5.06. The number of pyridine rings is 1. The fourth-order valence-electron chi connectivity index (χ4n) is 1.86. The van der Waals surface area contributed by atoms with E-state index >= 15 is 0 Å². The molecule has 0 spiro atoms. The lowest BCUT2D eigenvalue weighted by molar-refractivity contribution is 0.311. The number of halogens is 1. The highest BCUT2D eigenvalue weighted by molar-refractivity contribution is 5.15. The molecular weight excluding hydrogens is 215 g/mol. The molecule has 1 atom stereocenters. The molecule has 1 heterocycles. The van der Waals surface area contributed by atoms with Gasteiger partial charge in [-0.1, -0.05) is 27.7 Å². The molecule has 0 bridgehead atoms. The Bertz CT molecular complexity index is 344. The van der Waals surface area contributed by atoms with Gasteiger partial charge in [-0.05, 0) is 36.4 Å². The molecule has 1 rings (SSSR count). The summed E-state index contributed by atoms with van der Waals surface area (Å²) in [6, 6.07) is 1.75. The molecule has 0 saturated carbocycles. The fraction of sp³-hybridized carbons (Fsp3) is 0.643. The summed E-state index contributed by atoms with van der Waals surface area (Å²) >= 11 is 0. The van der Waals surface area contributed by atoms with Crippen LogP contribution in [0.3, 0.4) is 0 Å². The topological polar surface area (TPSA) is 24.9 Å². The Morgan fingerprint density at radius 1 is 1.35 bits per heavy atom. The predicted octanol–water partition coefficient (Wildman–Crippen LogP) is 3.70. The van der Waals surface area contributed by atoms with Crippen LogP contribution in [0.2, 0.25) is 0 Å². The van der Waals surface area contributed by atoms with E-state index in [1.165, 1.54) is 6.20 Å². The van der Waals surface area contributed by atoms with Crippen molar-refractivity contribution in [1.29, 1.82) is 0 Å². The van der Waals surface area contributed by atoms with Crippen molar-refractivity contribution in [2.45, 2.75) is 46.6 Å². The van der Waals surface area contributed by atoms with Crippen LogP contribution in [-0.4, -0.2) is 11.5 Å². The fourth-order valence-corrected chi connectivity index (χ4v) is 1.86. The molecular formula is C14H23FN2. The standard InChI is InChI=1S/C14H23FN2/c1-5-6-17-13(8-14(2,3)4)11-7-12(15)10-16-9-11/h7,9-10,13,17H,5-6,8H2,1-4H3. The second-order valence-corrected chi connectivity index (χ2v) is 5.71. The zero-order chi connectivity index (χ0) is 12.9. The molecule has 0 aliphatic heterocycles. The number of nitrogens with zero attached hydrogens (tertiary/aromatic N) is 1. The highest BCUT2D eigenvalue weighted by Crippen LogP contribution is 2.29. The van der Waals surface area contributed by atoms with E-state index in [1.807, 2.05) is 0 Å². The molecule has 0 aliphatic carbocycles. The maximum Gasteiger partial charge on any atom is 0.141 e. The Morgan fingerprint density at radius 2 is 2.06 bits per heavy atom. The number of hydrogen-bond donors (Lipinski definition) is 1. The molecule has 0 radical (unpaired) electrons. The van der Waals surface area contributed by atoms with Crippen molar-refractivity contribution in [2.75, 3.05) is 6.54 Å². The first-order valence-corrected chi connectivity index (χ1v) is 6.26. The van der Waals surface area contributed by atoms with Crippen molar-refractivity contribution in [1.82, 2.24) is 10.3 Å². The number of hydrogen-bond acceptors (Lipinski definition) is 2. The third-order valence-electron chi connectivity index (χ3n) is 2.59. The molecule has 0 aliphatic rings. The Morgan fingerprint density at radius 3 is 2.59 bits per heavy atom. The van der Waals surface area contributed by atoms with Crippen molar-refractivity contribution in [2.24, 2.45) is 5.41 Å². The SMILES string of the molecule is CCCNC(CC(C)(C)C)c1cncc(F)c1. The van der Waals surface area contributed by atoms with Gasteiger partial charge in [-0.2, -0.15) is 0 Å². The molecule has 0 saturated heterocycles. The normalized spacial score (nSPS) is 13.7. The summed E-state index contributed by atoms with van der Waals surface area (Å²) in [4.78, 5) is 3.93. The second-order valence-electron chi connectivity index (χ2n) is 5.71. The van der Waals surface area contributed by atoms with Crippen LogP contribution in [0, 0.1) is 11.2 Å². The van der Waals surface area contributed by atoms with Crippen LogP contribution in [-0.2, 0) is 0 Å². The molecule has 1 aromatic heterocycles. The van der Waals surface area contributed by atoms with Gasteiger partial charge in [-0.3, -0.25) is 4.98 Å². The van der Waals surface area contributed by atoms with Gasteiger partial charge >= 0.3 is 0 Å². The monoisotopic (exact) mass is 238 g/mol. The van der Waals surface area contributed by atoms with Gasteiger partial charge in [0.05, 0.1) is 6.20 Å². The molecule has 0 fully saturated rings. The van der Waals surface area contributed by atoms with Crippen molar-refractivity contribution in [3.05, 3.63) is 29.8 Å². The van der Waals surface area contributed by atoms with Gasteiger partial charge in [0.15, 0.2) is 0 Å². The van der Waals surface area contributed by atoms with Crippen LogP contribution in [0.4, 0.5) is 4.39 Å². The Hall–Kier alpha value is -0.960. The van der Waals surface area contributed by atoms with Crippen LogP contribution in [0.15, 0.2) is 18.5 Å². The van der Waals surface area contributed by atoms with Gasteiger partial charge in [-0.15, -0.1) is 0 Å². The number of aromatic nitrogens is 1. The number of rotatable bonds is 5. The van der Waals surface area contributed by atoms with Crippen molar-refractivity contribution in [3.63, 3.8) is 0 Å². The quantitative estimate of drug-likeness (QED) is 0.846. The minimum atomic E-state index is -0.264. The molecule has 1 aromatic rings. The van der Waals surface area contributed by atoms with Crippen molar-refractivity contribution >= 4 is 0 Å². The smallest absolute Gasteiger partial charge is 0.141 e. The summed E-state index contributed by atoms with van der Waals surface area (Å²) in [5, 5.41) is 3.46. The van der Waals surface area contributed by atoms with Gasteiger partial charge in [0.25, 0.3) is 0 Å². The van der Waals surface area contributed by atoms with E-state index in [1.54, 1.807) is 12.3 Å². The van der Waals surface area contributed by atoms with E-state index in [9.17, 15) is 4.39 Å². The van der Waals surface area contributed by atoms with E-state index in [0.717, 1.165) is 24.9 Å². The molecule has 2 nitrogen and oxygen atoms in total. The summed E-state index contributed by atoms with van der Waals surface area (Å²) in [6.07, 6.45) is 5.04. The average Bonchev–Trinajstić information content (AvgIpc) is 2.22. The summed E-state index contributed by atoms with van der Waals surface area (Å²) in [6.45, 7) is 9.66. The molecule has 96 valence electrons. The maximum absolute atomic E-state index is 13.2. The first kappa shape index (κ1) is 14.1. The van der Waals surface area contributed by atoms with Gasteiger partial charge in [0.2, 0.25) is 0 Å². The Balaban J connectivity index is 2.81. The minimum Gasteiger partial charge on any atom is -0.310 e. The highest BCUT2D eigenvalue weighted by Gasteiger charge is 2.20. The lowest BCUT2D eigenvalue weighted by atomic mass is 9.86. The summed E-state index contributed by atoms with van der Waals surface area (Å²) in [5.74, 6) is -0.264. The lowest BCUT2D eigenvalue weighted by Gasteiger charge is -2.27. The Labute approximate surface area is 104 Å². The molecule has 1 N–H and O–H groups in total. The van der Waals surface area contributed by atoms with Gasteiger partial charge in [-0.25, -0.2) is 4.39 Å². The van der Waals surface area contributed by atoms with Crippen molar-refractivity contribution in [3.8, 4) is 0 Å². The average molecular weight is 238 g/mol. The molecule has 3 heteroatoms. The predicted molar refractivity (Wildman–Crippen MR) is 69.3 cm³/mol. The zero-order valence-corrected chi connectivity index (χ0v) is 11.3. The van der Waals surface area contributed by atoms with E-state index in [4.69, 9.17) is 0 Å². The first-order valence-electron chi connectivity index (χ1n) is 6.26.